The van der Waals surface area contributed by atoms with Crippen molar-refractivity contribution < 1.29 is 17.9 Å². The molecule has 2 heterocycles. The van der Waals surface area contributed by atoms with Crippen LogP contribution in [0.25, 0.3) is 0 Å². The summed E-state index contributed by atoms with van der Waals surface area (Å²) >= 11 is 0. The molecule has 0 radical (unpaired) electrons. The zero-order valence-electron chi connectivity index (χ0n) is 15.8. The van der Waals surface area contributed by atoms with Gasteiger partial charge < -0.3 is 15.0 Å². The number of benzene rings is 2. The van der Waals surface area contributed by atoms with E-state index in [0.29, 0.717) is 18.7 Å². The predicted octanol–water partition coefficient (Wildman–Crippen LogP) is 2.14. The number of hydrogen-bond donors (Lipinski definition) is 2. The van der Waals surface area contributed by atoms with E-state index in [1.807, 2.05) is 42.2 Å². The second-order valence-corrected chi connectivity index (χ2v) is 8.75. The Balaban J connectivity index is 1.60. The molecule has 2 unspecified atom stereocenters. The molecule has 8 heteroatoms. The highest BCUT2D eigenvalue weighted by Gasteiger charge is 2.42. The number of aryl methyl sites for hydroxylation is 1. The molecule has 7 nitrogen and oxygen atoms in total. The molecule has 2 N–H and O–H groups in total. The number of hydrogen-bond acceptors (Lipinski definition) is 5. The van der Waals surface area contributed by atoms with E-state index in [0.717, 1.165) is 23.4 Å². The second kappa shape index (κ2) is 7.10. The fraction of sp³-hybridized carbons (Fsp3) is 0.350. The Hall–Kier alpha value is -2.58. The molecular formula is C20H23N3O4S. The molecule has 2 aromatic carbocycles. The van der Waals surface area contributed by atoms with Gasteiger partial charge in [0.05, 0.1) is 18.5 Å². The third-order valence-corrected chi connectivity index (χ3v) is 6.86. The molecule has 1 saturated heterocycles. The van der Waals surface area contributed by atoms with Crippen molar-refractivity contribution in [2.45, 2.75) is 36.7 Å². The van der Waals surface area contributed by atoms with E-state index in [2.05, 4.69) is 10.0 Å². The molecule has 4 rings (SSSR count). The molecule has 2 atom stereocenters. The number of fused-ring (bicyclic) bond motifs is 3. The second-order valence-electron chi connectivity index (χ2n) is 7.07. The van der Waals surface area contributed by atoms with Gasteiger partial charge in [-0.15, -0.1) is 0 Å². The first-order chi connectivity index (χ1) is 13.4. The van der Waals surface area contributed by atoms with Gasteiger partial charge in [-0.2, -0.15) is 0 Å². The summed E-state index contributed by atoms with van der Waals surface area (Å²) in [6.07, 6.45) is 1.14. The van der Waals surface area contributed by atoms with Gasteiger partial charge in [-0.3, -0.25) is 4.79 Å². The van der Waals surface area contributed by atoms with Gasteiger partial charge in [-0.1, -0.05) is 25.1 Å². The number of anilines is 2. The number of sulfonamides is 1. The minimum absolute atomic E-state index is 0.106. The minimum atomic E-state index is -3.79. The zero-order valence-corrected chi connectivity index (χ0v) is 16.6. The van der Waals surface area contributed by atoms with Crippen molar-refractivity contribution >= 4 is 27.3 Å². The van der Waals surface area contributed by atoms with Gasteiger partial charge >= 0.3 is 0 Å². The van der Waals surface area contributed by atoms with Gasteiger partial charge in [0.15, 0.2) is 0 Å². The highest BCUT2D eigenvalue weighted by atomic mass is 32.2. The van der Waals surface area contributed by atoms with E-state index in [4.69, 9.17) is 4.74 Å². The van der Waals surface area contributed by atoms with Crippen molar-refractivity contribution in [3.05, 3.63) is 48.0 Å². The maximum absolute atomic E-state index is 13.1. The molecule has 0 bridgehead atoms. The number of methoxy groups -OCH3 is 1. The van der Waals surface area contributed by atoms with E-state index >= 15 is 0 Å². The SMILES string of the molecule is CCc1ccc(OC)c(S(=O)(=O)NC2CC3C(=O)Nc4ccccc4N3C2)c1. The summed E-state index contributed by atoms with van der Waals surface area (Å²) in [5.74, 6) is 0.203. The lowest BCUT2D eigenvalue weighted by Crippen LogP contribution is -2.44. The Kier molecular flexibility index (Phi) is 4.76. The van der Waals surface area contributed by atoms with Crippen molar-refractivity contribution in [2.24, 2.45) is 0 Å². The predicted molar refractivity (Wildman–Crippen MR) is 107 cm³/mol. The number of carbonyl (C=O) groups is 1. The van der Waals surface area contributed by atoms with Gasteiger partial charge in [0.25, 0.3) is 0 Å². The normalized spacial score (nSPS) is 21.1. The molecule has 2 aliphatic heterocycles. The lowest BCUT2D eigenvalue weighted by molar-refractivity contribution is -0.117. The number of rotatable bonds is 5. The fourth-order valence-corrected chi connectivity index (χ4v) is 5.38. The molecule has 28 heavy (non-hydrogen) atoms. The van der Waals surface area contributed by atoms with Crippen LogP contribution in [0.4, 0.5) is 11.4 Å². The fourth-order valence-electron chi connectivity index (χ4n) is 3.92. The maximum atomic E-state index is 13.1. The van der Waals surface area contributed by atoms with Crippen molar-refractivity contribution in [1.82, 2.24) is 4.72 Å². The van der Waals surface area contributed by atoms with Crippen LogP contribution in [0.2, 0.25) is 0 Å². The molecule has 2 aromatic rings. The summed E-state index contributed by atoms with van der Waals surface area (Å²) < 4.78 is 34.2. The number of nitrogens with one attached hydrogen (secondary N) is 2. The van der Waals surface area contributed by atoms with Gasteiger partial charge in [-0.05, 0) is 42.7 Å². The quantitative estimate of drug-likeness (QED) is 0.802. The Bertz CT molecular complexity index is 1020. The van der Waals surface area contributed by atoms with Crippen LogP contribution in [0.5, 0.6) is 5.75 Å². The van der Waals surface area contributed by atoms with Crippen molar-refractivity contribution in [2.75, 3.05) is 23.9 Å². The molecule has 0 aliphatic carbocycles. The molecule has 0 saturated carbocycles. The summed E-state index contributed by atoms with van der Waals surface area (Å²) in [6.45, 7) is 2.40. The number of nitrogens with zero attached hydrogens (tertiary/aromatic N) is 1. The monoisotopic (exact) mass is 401 g/mol. The Morgan fingerprint density at radius 3 is 2.79 bits per heavy atom. The molecule has 1 amide bonds. The highest BCUT2D eigenvalue weighted by molar-refractivity contribution is 7.89. The highest BCUT2D eigenvalue weighted by Crippen LogP contribution is 2.37. The standard InChI is InChI=1S/C20H23N3O4S/c1-3-13-8-9-18(27-2)19(10-13)28(25,26)22-14-11-17-20(24)21-15-6-4-5-7-16(15)23(17)12-14/h4-10,14,17,22H,3,11-12H2,1-2H3,(H,21,24). The Morgan fingerprint density at radius 1 is 1.25 bits per heavy atom. The Morgan fingerprint density at radius 2 is 2.04 bits per heavy atom. The van der Waals surface area contributed by atoms with Gasteiger partial charge in [0.1, 0.15) is 16.7 Å². The Labute approximate surface area is 164 Å². The van der Waals surface area contributed by atoms with E-state index < -0.39 is 10.0 Å². The summed E-state index contributed by atoms with van der Waals surface area (Å²) in [5.41, 5.74) is 2.59. The number of ether oxygens (including phenoxy) is 1. The van der Waals surface area contributed by atoms with Crippen LogP contribution in [-0.2, 0) is 21.2 Å². The van der Waals surface area contributed by atoms with Crippen molar-refractivity contribution in [3.8, 4) is 5.75 Å². The molecule has 0 spiro atoms. The largest absolute Gasteiger partial charge is 0.495 e. The lowest BCUT2D eigenvalue weighted by Gasteiger charge is -2.32. The zero-order chi connectivity index (χ0) is 19.9. The van der Waals surface area contributed by atoms with Crippen LogP contribution in [0.3, 0.4) is 0 Å². The van der Waals surface area contributed by atoms with Gasteiger partial charge in [-0.25, -0.2) is 13.1 Å². The van der Waals surface area contributed by atoms with E-state index in [1.165, 1.54) is 7.11 Å². The number of carbonyl (C=O) groups excluding carboxylic acids is 1. The first kappa shape index (κ1) is 18.8. The third kappa shape index (κ3) is 3.22. The molecule has 2 aliphatic rings. The van der Waals surface area contributed by atoms with E-state index in [-0.39, 0.29) is 22.9 Å². The van der Waals surface area contributed by atoms with Crippen LogP contribution < -0.4 is 19.7 Å². The molecule has 148 valence electrons. The average molecular weight is 401 g/mol. The smallest absolute Gasteiger partial charge is 0.247 e. The van der Waals surface area contributed by atoms with Crippen LogP contribution in [0, 0.1) is 0 Å². The molecular weight excluding hydrogens is 378 g/mol. The molecule has 1 fully saturated rings. The van der Waals surface area contributed by atoms with Crippen molar-refractivity contribution in [3.63, 3.8) is 0 Å². The van der Waals surface area contributed by atoms with Gasteiger partial charge in [0, 0.05) is 12.6 Å². The lowest BCUT2D eigenvalue weighted by atomic mass is 10.1. The topological polar surface area (TPSA) is 87.7 Å². The van der Waals surface area contributed by atoms with Crippen LogP contribution in [0.15, 0.2) is 47.4 Å². The van der Waals surface area contributed by atoms with Crippen LogP contribution >= 0.6 is 0 Å². The van der Waals surface area contributed by atoms with Gasteiger partial charge in [0.2, 0.25) is 15.9 Å². The summed E-state index contributed by atoms with van der Waals surface area (Å²) in [5, 5.41) is 2.90. The maximum Gasteiger partial charge on any atom is 0.247 e. The first-order valence-corrected chi connectivity index (χ1v) is 10.8. The van der Waals surface area contributed by atoms with E-state index in [9.17, 15) is 13.2 Å². The minimum Gasteiger partial charge on any atom is -0.495 e. The van der Waals surface area contributed by atoms with Crippen LogP contribution in [-0.4, -0.2) is 40.1 Å². The van der Waals surface area contributed by atoms with Crippen molar-refractivity contribution in [1.29, 1.82) is 0 Å². The average Bonchev–Trinajstić information content (AvgIpc) is 3.11. The number of amides is 1. The third-order valence-electron chi connectivity index (χ3n) is 5.32. The first-order valence-electron chi connectivity index (χ1n) is 9.28. The van der Waals surface area contributed by atoms with Crippen LogP contribution in [0.1, 0.15) is 18.9 Å². The summed E-state index contributed by atoms with van der Waals surface area (Å²) in [6, 6.07) is 12.0. The molecule has 0 aromatic heterocycles. The summed E-state index contributed by atoms with van der Waals surface area (Å²) in [4.78, 5) is 14.6. The summed E-state index contributed by atoms with van der Waals surface area (Å²) in [7, 11) is -2.33. The van der Waals surface area contributed by atoms with E-state index in [1.54, 1.807) is 12.1 Å². The number of para-hydroxylation sites is 2.